The Morgan fingerprint density at radius 1 is 1.44 bits per heavy atom. The molecule has 0 heterocycles. The van der Waals surface area contributed by atoms with E-state index >= 15 is 0 Å². The maximum atomic E-state index is 11.4. The molecule has 0 atom stereocenters. The van der Waals surface area contributed by atoms with Gasteiger partial charge in [0.2, 0.25) is 5.91 Å². The Balaban J connectivity index is 2.43. The van der Waals surface area contributed by atoms with Gasteiger partial charge in [-0.2, -0.15) is 0 Å². The Morgan fingerprint density at radius 2 is 2.22 bits per heavy atom. The van der Waals surface area contributed by atoms with Crippen LogP contribution in [0, 0.1) is 6.92 Å². The highest BCUT2D eigenvalue weighted by Crippen LogP contribution is 2.18. The number of nitrogens with two attached hydrogens (primary N) is 1. The van der Waals surface area contributed by atoms with Crippen molar-refractivity contribution in [3.8, 4) is 5.75 Å². The van der Waals surface area contributed by atoms with E-state index in [4.69, 9.17) is 5.73 Å². The van der Waals surface area contributed by atoms with Crippen molar-refractivity contribution in [1.82, 2.24) is 5.32 Å². The van der Waals surface area contributed by atoms with Crippen LogP contribution < -0.4 is 11.1 Å². The van der Waals surface area contributed by atoms with Crippen LogP contribution in [0.4, 0.5) is 0 Å². The van der Waals surface area contributed by atoms with Crippen molar-refractivity contribution in [3.05, 3.63) is 35.4 Å². The van der Waals surface area contributed by atoms with Crippen LogP contribution in [0.5, 0.6) is 5.75 Å². The molecule has 0 saturated carbocycles. The van der Waals surface area contributed by atoms with Gasteiger partial charge >= 0.3 is 0 Å². The zero-order valence-electron chi connectivity index (χ0n) is 10.6. The van der Waals surface area contributed by atoms with Gasteiger partial charge in [-0.05, 0) is 49.6 Å². The largest absolute Gasteiger partial charge is 0.508 e. The lowest BCUT2D eigenvalue weighted by Crippen LogP contribution is -2.22. The lowest BCUT2D eigenvalue weighted by molar-refractivity contribution is -0.116. The van der Waals surface area contributed by atoms with Crippen molar-refractivity contribution in [1.29, 1.82) is 0 Å². The van der Waals surface area contributed by atoms with Crippen LogP contribution in [-0.2, 0) is 4.79 Å². The summed E-state index contributed by atoms with van der Waals surface area (Å²) in [6.45, 7) is 3.11. The van der Waals surface area contributed by atoms with Crippen LogP contribution in [0.1, 0.15) is 24.0 Å². The third-order valence-corrected chi connectivity index (χ3v) is 2.59. The first-order valence-electron chi connectivity index (χ1n) is 6.09. The summed E-state index contributed by atoms with van der Waals surface area (Å²) in [4.78, 5) is 11.4. The molecular formula is C14H20N2O2. The highest BCUT2D eigenvalue weighted by atomic mass is 16.3. The lowest BCUT2D eigenvalue weighted by atomic mass is 10.1. The van der Waals surface area contributed by atoms with Gasteiger partial charge in [-0.3, -0.25) is 4.79 Å². The standard InChI is InChI=1S/C14H20N2O2/c1-11-4-5-12(10-13(11)17)6-7-14(18)16-9-3-2-8-15/h4-7,10,17H,2-3,8-9,15H2,1H3,(H,16,18)/b7-6+. The van der Waals surface area contributed by atoms with Crippen LogP contribution in [0.15, 0.2) is 24.3 Å². The monoisotopic (exact) mass is 248 g/mol. The van der Waals surface area contributed by atoms with Gasteiger partial charge in [-0.1, -0.05) is 12.1 Å². The first kappa shape index (κ1) is 14.3. The smallest absolute Gasteiger partial charge is 0.243 e. The van der Waals surface area contributed by atoms with Crippen molar-refractivity contribution in [2.75, 3.05) is 13.1 Å². The zero-order chi connectivity index (χ0) is 13.4. The molecule has 0 aromatic heterocycles. The molecule has 0 saturated heterocycles. The number of unbranched alkanes of at least 4 members (excludes halogenated alkanes) is 1. The van der Waals surface area contributed by atoms with Crippen LogP contribution in [0.25, 0.3) is 6.08 Å². The number of benzene rings is 1. The molecule has 0 fully saturated rings. The van der Waals surface area contributed by atoms with Gasteiger partial charge in [0.05, 0.1) is 0 Å². The van der Waals surface area contributed by atoms with Crippen LogP contribution >= 0.6 is 0 Å². The number of phenolic OH excluding ortho intramolecular Hbond substituents is 1. The topological polar surface area (TPSA) is 75.4 Å². The molecule has 1 aromatic rings. The molecule has 1 amide bonds. The first-order valence-corrected chi connectivity index (χ1v) is 6.09. The predicted molar refractivity (Wildman–Crippen MR) is 73.2 cm³/mol. The SMILES string of the molecule is Cc1ccc(/C=C/C(=O)NCCCCN)cc1O. The van der Waals surface area contributed by atoms with E-state index in [0.717, 1.165) is 24.0 Å². The minimum Gasteiger partial charge on any atom is -0.508 e. The fourth-order valence-corrected chi connectivity index (χ4v) is 1.44. The number of hydrogen-bond acceptors (Lipinski definition) is 3. The quantitative estimate of drug-likeness (QED) is 0.528. The van der Waals surface area contributed by atoms with Crippen molar-refractivity contribution in [3.63, 3.8) is 0 Å². The van der Waals surface area contributed by atoms with Crippen LogP contribution in [-0.4, -0.2) is 24.1 Å². The van der Waals surface area contributed by atoms with E-state index in [2.05, 4.69) is 5.32 Å². The molecular weight excluding hydrogens is 228 g/mol. The minimum atomic E-state index is -0.132. The molecule has 0 bridgehead atoms. The Kier molecular flexibility index (Phi) is 5.94. The number of aromatic hydroxyl groups is 1. The number of phenols is 1. The summed E-state index contributed by atoms with van der Waals surface area (Å²) in [5.41, 5.74) is 6.98. The second-order valence-electron chi connectivity index (χ2n) is 4.17. The molecule has 98 valence electrons. The number of nitrogens with one attached hydrogen (secondary N) is 1. The maximum Gasteiger partial charge on any atom is 0.243 e. The van der Waals surface area contributed by atoms with Crippen molar-refractivity contribution >= 4 is 12.0 Å². The molecule has 18 heavy (non-hydrogen) atoms. The van der Waals surface area contributed by atoms with E-state index in [1.807, 2.05) is 19.1 Å². The molecule has 0 spiro atoms. The van der Waals surface area contributed by atoms with Gasteiger partial charge in [-0.25, -0.2) is 0 Å². The Morgan fingerprint density at radius 3 is 2.89 bits per heavy atom. The van der Waals surface area contributed by atoms with Crippen molar-refractivity contribution in [2.24, 2.45) is 5.73 Å². The van der Waals surface area contributed by atoms with Gasteiger partial charge in [0.25, 0.3) is 0 Å². The highest BCUT2D eigenvalue weighted by Gasteiger charge is 1.97. The minimum absolute atomic E-state index is 0.132. The average molecular weight is 248 g/mol. The van der Waals surface area contributed by atoms with E-state index in [-0.39, 0.29) is 11.7 Å². The van der Waals surface area contributed by atoms with Crippen LogP contribution in [0.2, 0.25) is 0 Å². The molecule has 4 nitrogen and oxygen atoms in total. The summed E-state index contributed by atoms with van der Waals surface area (Å²) in [5, 5.41) is 12.3. The molecule has 0 aliphatic carbocycles. The van der Waals surface area contributed by atoms with E-state index in [1.165, 1.54) is 6.08 Å². The van der Waals surface area contributed by atoms with Crippen molar-refractivity contribution < 1.29 is 9.90 Å². The average Bonchev–Trinajstić information content (AvgIpc) is 2.36. The number of carbonyl (C=O) groups excluding carboxylic acids is 1. The van der Waals surface area contributed by atoms with Gasteiger partial charge in [0.1, 0.15) is 5.75 Å². The molecule has 1 aromatic carbocycles. The number of aryl methyl sites for hydroxylation is 1. The normalized spacial score (nSPS) is 10.8. The number of hydrogen-bond donors (Lipinski definition) is 3. The van der Waals surface area contributed by atoms with Gasteiger partial charge in [0, 0.05) is 12.6 Å². The molecule has 4 N–H and O–H groups in total. The second kappa shape index (κ2) is 7.50. The predicted octanol–water partition coefficient (Wildman–Crippen LogP) is 1.57. The second-order valence-corrected chi connectivity index (χ2v) is 4.17. The summed E-state index contributed by atoms with van der Waals surface area (Å²) >= 11 is 0. The highest BCUT2D eigenvalue weighted by molar-refractivity contribution is 5.91. The first-order chi connectivity index (χ1) is 8.63. The van der Waals surface area contributed by atoms with Gasteiger partial charge < -0.3 is 16.2 Å². The van der Waals surface area contributed by atoms with Gasteiger partial charge in [-0.15, -0.1) is 0 Å². The number of rotatable bonds is 6. The van der Waals surface area contributed by atoms with E-state index < -0.39 is 0 Å². The molecule has 1 rings (SSSR count). The third-order valence-electron chi connectivity index (χ3n) is 2.59. The van der Waals surface area contributed by atoms with Crippen LogP contribution in [0.3, 0.4) is 0 Å². The Bertz CT molecular complexity index is 428. The summed E-state index contributed by atoms with van der Waals surface area (Å²) in [7, 11) is 0. The van der Waals surface area contributed by atoms with E-state index in [0.29, 0.717) is 13.1 Å². The molecule has 0 radical (unpaired) electrons. The number of amides is 1. The fourth-order valence-electron chi connectivity index (χ4n) is 1.44. The van der Waals surface area contributed by atoms with Gasteiger partial charge in [0.15, 0.2) is 0 Å². The van der Waals surface area contributed by atoms with Crippen molar-refractivity contribution in [2.45, 2.75) is 19.8 Å². The summed E-state index contributed by atoms with van der Waals surface area (Å²) < 4.78 is 0. The molecule has 0 aliphatic heterocycles. The summed E-state index contributed by atoms with van der Waals surface area (Å²) in [6.07, 6.45) is 4.95. The summed E-state index contributed by atoms with van der Waals surface area (Å²) in [6, 6.07) is 5.30. The van der Waals surface area contributed by atoms with E-state index in [1.54, 1.807) is 12.1 Å². The number of carbonyl (C=O) groups is 1. The fraction of sp³-hybridized carbons (Fsp3) is 0.357. The third kappa shape index (κ3) is 5.01. The zero-order valence-corrected chi connectivity index (χ0v) is 10.6. The molecule has 4 heteroatoms. The molecule has 0 unspecified atom stereocenters. The Labute approximate surface area is 108 Å². The Hall–Kier alpha value is -1.81. The maximum absolute atomic E-state index is 11.4. The lowest BCUT2D eigenvalue weighted by Gasteiger charge is -2.01. The summed E-state index contributed by atoms with van der Waals surface area (Å²) in [5.74, 6) is 0.104. The molecule has 0 aliphatic rings. The van der Waals surface area contributed by atoms with E-state index in [9.17, 15) is 9.90 Å².